The molecule has 338 valence electrons. The molecule has 0 aliphatic carbocycles. The molecule has 0 unspecified atom stereocenters. The van der Waals surface area contributed by atoms with Gasteiger partial charge in [0.2, 0.25) is 0 Å². The van der Waals surface area contributed by atoms with Crippen LogP contribution in [-0.2, 0) is 0 Å². The first-order chi connectivity index (χ1) is 35.7. The minimum atomic E-state index is 0.923. The van der Waals surface area contributed by atoms with E-state index < -0.39 is 0 Å². The summed E-state index contributed by atoms with van der Waals surface area (Å²) in [6.45, 7) is 0. The summed E-state index contributed by atoms with van der Waals surface area (Å²) in [4.78, 5) is 15.1. The van der Waals surface area contributed by atoms with Crippen LogP contribution in [0.4, 0.5) is 0 Å². The Hall–Kier alpha value is -9.57. The molecule has 3 aromatic heterocycles. The van der Waals surface area contributed by atoms with Crippen LogP contribution in [-0.4, -0.2) is 15.0 Å². The second kappa shape index (κ2) is 19.8. The normalized spacial score (nSPS) is 11.1. The Balaban J connectivity index is 1.04. The van der Waals surface area contributed by atoms with Crippen LogP contribution in [0.2, 0.25) is 0 Å². The van der Waals surface area contributed by atoms with Crippen LogP contribution in [0.3, 0.4) is 0 Å². The van der Waals surface area contributed by atoms with E-state index in [1.165, 1.54) is 5.56 Å². The van der Waals surface area contributed by atoms with Crippen LogP contribution in [0.1, 0.15) is 0 Å². The molecule has 9 aromatic carbocycles. The molecule has 0 fully saturated rings. The SMILES string of the molecule is c1ccc(-c2cccc(-c3cc(-c4ccccc4)ncc3-c3ccccc3-c3cc(-c4ccccc4-c4ccc(-c5ccccc5)nc4)cc(-c4ccccc4-c4ccc(-c5ccccc5)nc4)c3)c2)cc1. The van der Waals surface area contributed by atoms with Gasteiger partial charge >= 0.3 is 0 Å². The molecular formula is C69H47N3. The maximum Gasteiger partial charge on any atom is 0.0708 e. The lowest BCUT2D eigenvalue weighted by molar-refractivity contribution is 1.32. The quantitative estimate of drug-likeness (QED) is 0.130. The Kier molecular flexibility index (Phi) is 12.0. The molecule has 3 nitrogen and oxygen atoms in total. The first-order valence-electron chi connectivity index (χ1n) is 24.4. The lowest BCUT2D eigenvalue weighted by Gasteiger charge is -2.19. The zero-order valence-electron chi connectivity index (χ0n) is 39.5. The third-order valence-corrected chi connectivity index (χ3v) is 13.5. The molecule has 0 N–H and O–H groups in total. The van der Waals surface area contributed by atoms with E-state index in [-0.39, 0.29) is 0 Å². The Morgan fingerprint density at radius 3 is 0.931 bits per heavy atom. The molecule has 12 aromatic rings. The van der Waals surface area contributed by atoms with Crippen molar-refractivity contribution in [3.63, 3.8) is 0 Å². The summed E-state index contributed by atoms with van der Waals surface area (Å²) in [6, 6.07) is 94.7. The predicted molar refractivity (Wildman–Crippen MR) is 300 cm³/mol. The van der Waals surface area contributed by atoms with Gasteiger partial charge in [0.15, 0.2) is 0 Å². The van der Waals surface area contributed by atoms with Gasteiger partial charge in [-0.2, -0.15) is 0 Å². The number of hydrogen-bond acceptors (Lipinski definition) is 3. The second-order valence-electron chi connectivity index (χ2n) is 18.0. The standard InChI is InChI=1S/C69H47N3/c1-5-20-48(21-6-1)52-28-19-29-53(40-52)65-44-69(51-26-11-4-12-27-51)72-47-66(65)64-35-18-17-34-63(64)58-42-56(61-32-15-13-30-59(61)54-36-38-67(70-45-54)49-22-7-2-8-23-49)41-57(43-58)62-33-16-14-31-60(62)55-37-39-68(71-46-55)50-24-9-3-10-25-50/h1-47H. The maximum atomic E-state index is 5.19. The third-order valence-electron chi connectivity index (χ3n) is 13.5. The molecule has 0 bridgehead atoms. The van der Waals surface area contributed by atoms with Crippen LogP contribution >= 0.6 is 0 Å². The van der Waals surface area contributed by atoms with Gasteiger partial charge in [0.05, 0.1) is 17.1 Å². The van der Waals surface area contributed by atoms with E-state index in [0.717, 1.165) is 117 Å². The van der Waals surface area contributed by atoms with E-state index in [9.17, 15) is 0 Å². The molecular weight excluding hydrogens is 871 g/mol. The lowest BCUT2D eigenvalue weighted by atomic mass is 9.85. The largest absolute Gasteiger partial charge is 0.256 e. The van der Waals surface area contributed by atoms with Gasteiger partial charge in [0.1, 0.15) is 0 Å². The van der Waals surface area contributed by atoms with Gasteiger partial charge in [-0.25, -0.2) is 0 Å². The molecule has 72 heavy (non-hydrogen) atoms. The van der Waals surface area contributed by atoms with Gasteiger partial charge in [-0.1, -0.05) is 224 Å². The molecule has 0 spiro atoms. The Morgan fingerprint density at radius 2 is 0.486 bits per heavy atom. The average Bonchev–Trinajstić information content (AvgIpc) is 3.48. The van der Waals surface area contributed by atoms with E-state index in [1.807, 2.05) is 24.5 Å². The van der Waals surface area contributed by atoms with Crippen molar-refractivity contribution in [2.45, 2.75) is 0 Å². The van der Waals surface area contributed by atoms with Gasteiger partial charge in [0, 0.05) is 52.0 Å². The summed E-state index contributed by atoms with van der Waals surface area (Å²) < 4.78 is 0. The van der Waals surface area contributed by atoms with Crippen molar-refractivity contribution < 1.29 is 0 Å². The van der Waals surface area contributed by atoms with Crippen molar-refractivity contribution in [2.24, 2.45) is 0 Å². The number of aromatic nitrogens is 3. The van der Waals surface area contributed by atoms with Crippen molar-refractivity contribution in [3.8, 4) is 123 Å². The highest BCUT2D eigenvalue weighted by molar-refractivity contribution is 5.97. The number of pyridine rings is 3. The van der Waals surface area contributed by atoms with Crippen molar-refractivity contribution in [1.82, 2.24) is 15.0 Å². The third kappa shape index (κ3) is 8.95. The molecule has 0 aliphatic rings. The van der Waals surface area contributed by atoms with Crippen LogP contribution < -0.4 is 0 Å². The maximum absolute atomic E-state index is 5.19. The molecule has 3 heteroatoms. The highest BCUT2D eigenvalue weighted by Crippen LogP contribution is 2.45. The summed E-state index contributed by atoms with van der Waals surface area (Å²) in [5, 5.41) is 0. The summed E-state index contributed by atoms with van der Waals surface area (Å²) in [6.07, 6.45) is 6.07. The smallest absolute Gasteiger partial charge is 0.0708 e. The van der Waals surface area contributed by atoms with Crippen molar-refractivity contribution >= 4 is 0 Å². The summed E-state index contributed by atoms with van der Waals surface area (Å²) in [5.41, 5.74) is 23.7. The first-order valence-corrected chi connectivity index (χ1v) is 24.4. The van der Waals surface area contributed by atoms with Crippen molar-refractivity contribution in [3.05, 3.63) is 286 Å². The molecule has 3 heterocycles. The Morgan fingerprint density at radius 1 is 0.153 bits per heavy atom. The summed E-state index contributed by atoms with van der Waals surface area (Å²) in [5.74, 6) is 0. The number of rotatable bonds is 11. The topological polar surface area (TPSA) is 38.7 Å². The minimum Gasteiger partial charge on any atom is -0.256 e. The molecule has 0 radical (unpaired) electrons. The van der Waals surface area contributed by atoms with Crippen LogP contribution in [0, 0.1) is 0 Å². The average molecular weight is 918 g/mol. The molecule has 0 saturated heterocycles. The molecule has 0 saturated carbocycles. The van der Waals surface area contributed by atoms with Gasteiger partial charge < -0.3 is 0 Å². The zero-order valence-corrected chi connectivity index (χ0v) is 39.5. The highest BCUT2D eigenvalue weighted by Gasteiger charge is 2.19. The second-order valence-corrected chi connectivity index (χ2v) is 18.0. The molecule has 0 aliphatic heterocycles. The summed E-state index contributed by atoms with van der Waals surface area (Å²) in [7, 11) is 0. The molecule has 0 atom stereocenters. The van der Waals surface area contributed by atoms with E-state index in [2.05, 4.69) is 261 Å². The van der Waals surface area contributed by atoms with Crippen LogP contribution in [0.15, 0.2) is 286 Å². The fourth-order valence-electron chi connectivity index (χ4n) is 9.88. The summed E-state index contributed by atoms with van der Waals surface area (Å²) >= 11 is 0. The van der Waals surface area contributed by atoms with Gasteiger partial charge in [-0.05, 0) is 115 Å². The fourth-order valence-corrected chi connectivity index (χ4v) is 9.88. The van der Waals surface area contributed by atoms with Gasteiger partial charge in [0.25, 0.3) is 0 Å². The monoisotopic (exact) mass is 917 g/mol. The minimum absolute atomic E-state index is 0.923. The molecule has 12 rings (SSSR count). The zero-order chi connectivity index (χ0) is 48.1. The first kappa shape index (κ1) is 43.7. The van der Waals surface area contributed by atoms with Crippen molar-refractivity contribution in [1.29, 1.82) is 0 Å². The lowest BCUT2D eigenvalue weighted by Crippen LogP contribution is -1.95. The Labute approximate surface area is 421 Å². The number of benzene rings is 9. The van der Waals surface area contributed by atoms with E-state index >= 15 is 0 Å². The molecule has 0 amide bonds. The highest BCUT2D eigenvalue weighted by atomic mass is 14.7. The number of hydrogen-bond donors (Lipinski definition) is 0. The van der Waals surface area contributed by atoms with E-state index in [4.69, 9.17) is 15.0 Å². The van der Waals surface area contributed by atoms with Gasteiger partial charge in [-0.15, -0.1) is 0 Å². The van der Waals surface area contributed by atoms with Crippen LogP contribution in [0.25, 0.3) is 123 Å². The predicted octanol–water partition coefficient (Wildman–Crippen LogP) is 18.2. The fraction of sp³-hybridized carbons (Fsp3) is 0. The van der Waals surface area contributed by atoms with E-state index in [1.54, 1.807) is 0 Å². The van der Waals surface area contributed by atoms with E-state index in [0.29, 0.717) is 0 Å². The van der Waals surface area contributed by atoms with Gasteiger partial charge in [-0.3, -0.25) is 15.0 Å². The number of nitrogens with zero attached hydrogens (tertiary/aromatic N) is 3. The van der Waals surface area contributed by atoms with Crippen LogP contribution in [0.5, 0.6) is 0 Å². The van der Waals surface area contributed by atoms with Crippen molar-refractivity contribution in [2.75, 3.05) is 0 Å². The Bertz CT molecular complexity index is 3670.